The standard InChI is InChI=1S/C25H30N2O6/c1-4-25(15-32-3,23(29)30)27-22(28)16(2)13-26-24(31)33-14-21-19-11-7-5-9-17(19)18-10-6-8-12-20(18)21/h5-12,16,21H,4,13-15H2,1-3H3,(H,26,31)(H,27,28)(H,29,30). The molecule has 0 aromatic heterocycles. The van der Waals surface area contributed by atoms with Crippen molar-refractivity contribution < 1.29 is 29.0 Å². The monoisotopic (exact) mass is 454 g/mol. The minimum atomic E-state index is -1.51. The molecule has 1 aliphatic rings. The van der Waals surface area contributed by atoms with Crippen LogP contribution in [0.1, 0.15) is 37.3 Å². The van der Waals surface area contributed by atoms with Crippen molar-refractivity contribution in [2.24, 2.45) is 5.92 Å². The van der Waals surface area contributed by atoms with Crippen molar-refractivity contribution >= 4 is 18.0 Å². The molecule has 0 heterocycles. The Balaban J connectivity index is 1.55. The molecule has 2 unspecified atom stereocenters. The number of alkyl carbamates (subject to hydrolysis) is 1. The number of benzene rings is 2. The van der Waals surface area contributed by atoms with Gasteiger partial charge in [0.15, 0.2) is 5.54 Å². The Kier molecular flexibility index (Phi) is 7.71. The Morgan fingerprint density at radius 1 is 1.06 bits per heavy atom. The molecule has 2 amide bonds. The summed E-state index contributed by atoms with van der Waals surface area (Å²) < 4.78 is 10.5. The summed E-state index contributed by atoms with van der Waals surface area (Å²) in [4.78, 5) is 36.5. The average Bonchev–Trinajstić information content (AvgIpc) is 3.14. The predicted molar refractivity (Wildman–Crippen MR) is 123 cm³/mol. The minimum absolute atomic E-state index is 0.00883. The third-order valence-electron chi connectivity index (χ3n) is 6.11. The van der Waals surface area contributed by atoms with Crippen molar-refractivity contribution in [3.63, 3.8) is 0 Å². The quantitative estimate of drug-likeness (QED) is 0.508. The molecule has 176 valence electrons. The number of fused-ring (bicyclic) bond motifs is 3. The zero-order chi connectivity index (χ0) is 24.0. The lowest BCUT2D eigenvalue weighted by molar-refractivity contribution is -0.151. The number of amides is 2. The molecule has 2 aromatic carbocycles. The maximum atomic E-state index is 12.5. The molecule has 3 rings (SSSR count). The topological polar surface area (TPSA) is 114 Å². The number of hydrogen-bond donors (Lipinski definition) is 3. The Hall–Kier alpha value is -3.39. The summed E-state index contributed by atoms with van der Waals surface area (Å²) in [6.45, 7) is 3.29. The summed E-state index contributed by atoms with van der Waals surface area (Å²) in [5.41, 5.74) is 3.00. The highest BCUT2D eigenvalue weighted by molar-refractivity contribution is 5.88. The lowest BCUT2D eigenvalue weighted by Crippen LogP contribution is -2.59. The van der Waals surface area contributed by atoms with E-state index in [-0.39, 0.29) is 32.1 Å². The molecular weight excluding hydrogens is 424 g/mol. The van der Waals surface area contributed by atoms with Crippen LogP contribution in [0, 0.1) is 5.92 Å². The molecule has 33 heavy (non-hydrogen) atoms. The first-order chi connectivity index (χ1) is 15.8. The van der Waals surface area contributed by atoms with Crippen molar-refractivity contribution in [1.29, 1.82) is 0 Å². The highest BCUT2D eigenvalue weighted by Gasteiger charge is 2.39. The van der Waals surface area contributed by atoms with Gasteiger partial charge in [0.2, 0.25) is 5.91 Å². The molecule has 2 atom stereocenters. The van der Waals surface area contributed by atoms with Crippen molar-refractivity contribution in [2.45, 2.75) is 31.7 Å². The molecule has 0 fully saturated rings. The van der Waals surface area contributed by atoms with Gasteiger partial charge in [-0.25, -0.2) is 9.59 Å². The number of nitrogens with one attached hydrogen (secondary N) is 2. The van der Waals surface area contributed by atoms with Crippen LogP contribution >= 0.6 is 0 Å². The van der Waals surface area contributed by atoms with Crippen LogP contribution in [-0.2, 0) is 19.1 Å². The fourth-order valence-electron chi connectivity index (χ4n) is 4.08. The van der Waals surface area contributed by atoms with E-state index in [9.17, 15) is 19.5 Å². The van der Waals surface area contributed by atoms with Crippen LogP contribution in [-0.4, -0.2) is 55.5 Å². The van der Waals surface area contributed by atoms with Gasteiger partial charge in [-0.2, -0.15) is 0 Å². The summed E-state index contributed by atoms with van der Waals surface area (Å²) in [5, 5.41) is 14.7. The molecule has 0 radical (unpaired) electrons. The van der Waals surface area contributed by atoms with Gasteiger partial charge in [-0.1, -0.05) is 62.4 Å². The molecular formula is C25H30N2O6. The van der Waals surface area contributed by atoms with E-state index < -0.39 is 29.4 Å². The summed E-state index contributed by atoms with van der Waals surface area (Å²) in [5.74, 6) is -2.38. The van der Waals surface area contributed by atoms with Gasteiger partial charge in [0.25, 0.3) is 0 Å². The largest absolute Gasteiger partial charge is 0.479 e. The van der Waals surface area contributed by atoms with E-state index in [2.05, 4.69) is 22.8 Å². The minimum Gasteiger partial charge on any atom is -0.479 e. The van der Waals surface area contributed by atoms with Crippen LogP contribution < -0.4 is 10.6 Å². The Morgan fingerprint density at radius 3 is 2.15 bits per heavy atom. The molecule has 0 spiro atoms. The Morgan fingerprint density at radius 2 is 1.64 bits per heavy atom. The van der Waals surface area contributed by atoms with E-state index in [1.54, 1.807) is 13.8 Å². The van der Waals surface area contributed by atoms with Crippen LogP contribution in [0.3, 0.4) is 0 Å². The van der Waals surface area contributed by atoms with Gasteiger partial charge in [-0.15, -0.1) is 0 Å². The van der Waals surface area contributed by atoms with Crippen molar-refractivity contribution in [3.8, 4) is 11.1 Å². The second kappa shape index (κ2) is 10.5. The first kappa shape index (κ1) is 24.3. The Bertz CT molecular complexity index is 978. The third kappa shape index (κ3) is 5.17. The molecule has 8 nitrogen and oxygen atoms in total. The van der Waals surface area contributed by atoms with Crippen LogP contribution in [0.5, 0.6) is 0 Å². The van der Waals surface area contributed by atoms with Crippen LogP contribution in [0.25, 0.3) is 11.1 Å². The molecule has 0 saturated heterocycles. The van der Waals surface area contributed by atoms with E-state index in [1.807, 2.05) is 36.4 Å². The normalized spacial score (nSPS) is 15.0. The van der Waals surface area contributed by atoms with Crippen molar-refractivity contribution in [1.82, 2.24) is 10.6 Å². The second-order valence-electron chi connectivity index (χ2n) is 8.27. The lowest BCUT2D eigenvalue weighted by atomic mass is 9.96. The summed E-state index contributed by atoms with van der Waals surface area (Å²) in [6, 6.07) is 16.1. The van der Waals surface area contributed by atoms with Crippen LogP contribution in [0.4, 0.5) is 4.79 Å². The fraction of sp³-hybridized carbons (Fsp3) is 0.400. The molecule has 0 bridgehead atoms. The van der Waals surface area contributed by atoms with Crippen LogP contribution in [0.2, 0.25) is 0 Å². The van der Waals surface area contributed by atoms with Crippen LogP contribution in [0.15, 0.2) is 48.5 Å². The van der Waals surface area contributed by atoms with Gasteiger partial charge in [0, 0.05) is 19.6 Å². The van der Waals surface area contributed by atoms with Gasteiger partial charge < -0.3 is 25.2 Å². The third-order valence-corrected chi connectivity index (χ3v) is 6.11. The van der Waals surface area contributed by atoms with Gasteiger partial charge in [-0.05, 0) is 28.7 Å². The van der Waals surface area contributed by atoms with E-state index in [0.29, 0.717) is 0 Å². The molecule has 3 N–H and O–H groups in total. The molecule has 0 aliphatic heterocycles. The average molecular weight is 455 g/mol. The maximum absolute atomic E-state index is 12.5. The number of carboxylic acids is 1. The lowest BCUT2D eigenvalue weighted by Gasteiger charge is -2.29. The van der Waals surface area contributed by atoms with Gasteiger partial charge in [0.05, 0.1) is 12.5 Å². The number of carbonyl (C=O) groups is 3. The number of carboxylic acid groups (broad SMARTS) is 1. The summed E-state index contributed by atoms with van der Waals surface area (Å²) in [6.07, 6.45) is -0.470. The zero-order valence-electron chi connectivity index (χ0n) is 19.1. The van der Waals surface area contributed by atoms with Gasteiger partial charge in [-0.3, -0.25) is 4.79 Å². The Labute approximate surface area is 193 Å². The zero-order valence-corrected chi connectivity index (χ0v) is 19.1. The van der Waals surface area contributed by atoms with Crippen molar-refractivity contribution in [3.05, 3.63) is 59.7 Å². The number of ether oxygens (including phenoxy) is 2. The van der Waals surface area contributed by atoms with Gasteiger partial charge in [0.1, 0.15) is 6.61 Å². The number of aliphatic carboxylic acids is 1. The number of methoxy groups -OCH3 is 1. The molecule has 1 aliphatic carbocycles. The van der Waals surface area contributed by atoms with E-state index in [0.717, 1.165) is 22.3 Å². The summed E-state index contributed by atoms with van der Waals surface area (Å²) in [7, 11) is 1.38. The first-order valence-electron chi connectivity index (χ1n) is 11.0. The fourth-order valence-corrected chi connectivity index (χ4v) is 4.08. The molecule has 2 aromatic rings. The maximum Gasteiger partial charge on any atom is 0.407 e. The number of hydrogen-bond acceptors (Lipinski definition) is 5. The highest BCUT2D eigenvalue weighted by atomic mass is 16.5. The molecule has 8 heteroatoms. The first-order valence-corrected chi connectivity index (χ1v) is 11.0. The number of carbonyl (C=O) groups excluding carboxylic acids is 2. The van der Waals surface area contributed by atoms with Gasteiger partial charge >= 0.3 is 12.1 Å². The second-order valence-corrected chi connectivity index (χ2v) is 8.27. The number of rotatable bonds is 10. The smallest absolute Gasteiger partial charge is 0.407 e. The SMILES string of the molecule is CCC(COC)(NC(=O)C(C)CNC(=O)OCC1c2ccccc2-c2ccccc21)C(=O)O. The highest BCUT2D eigenvalue weighted by Crippen LogP contribution is 2.44. The van der Waals surface area contributed by atoms with E-state index >= 15 is 0 Å². The van der Waals surface area contributed by atoms with Crippen molar-refractivity contribution in [2.75, 3.05) is 26.9 Å². The summed E-state index contributed by atoms with van der Waals surface area (Å²) >= 11 is 0. The van der Waals surface area contributed by atoms with E-state index in [1.165, 1.54) is 7.11 Å². The predicted octanol–water partition coefficient (Wildman–Crippen LogP) is 3.16. The van der Waals surface area contributed by atoms with E-state index in [4.69, 9.17) is 9.47 Å². The molecule has 0 saturated carbocycles.